The third-order valence-corrected chi connectivity index (χ3v) is 5.69. The van der Waals surface area contributed by atoms with E-state index < -0.39 is 5.97 Å². The molecule has 150 valence electrons. The van der Waals surface area contributed by atoms with Crippen LogP contribution in [0.1, 0.15) is 39.0 Å². The molecule has 1 amide bonds. The van der Waals surface area contributed by atoms with Gasteiger partial charge in [-0.25, -0.2) is 4.79 Å². The number of esters is 1. The summed E-state index contributed by atoms with van der Waals surface area (Å²) >= 11 is 6.30. The Morgan fingerprint density at radius 1 is 1.11 bits per heavy atom. The Morgan fingerprint density at radius 3 is 2.36 bits per heavy atom. The van der Waals surface area contributed by atoms with Gasteiger partial charge in [-0.15, -0.1) is 0 Å². The first-order chi connectivity index (χ1) is 13.4. The first-order valence-electron chi connectivity index (χ1n) is 9.48. The first-order valence-corrected chi connectivity index (χ1v) is 9.86. The molecule has 1 aliphatic rings. The van der Waals surface area contributed by atoms with Gasteiger partial charge in [0.25, 0.3) is 5.91 Å². The highest BCUT2D eigenvalue weighted by Gasteiger charge is 2.30. The van der Waals surface area contributed by atoms with Crippen LogP contribution in [0.25, 0.3) is 0 Å². The predicted molar refractivity (Wildman–Crippen MR) is 110 cm³/mol. The molecule has 3 rings (SSSR count). The van der Waals surface area contributed by atoms with Gasteiger partial charge in [0.1, 0.15) is 5.69 Å². The number of anilines is 1. The zero-order valence-electron chi connectivity index (χ0n) is 16.8. The largest absolute Gasteiger partial charge is 0.461 e. The Labute approximate surface area is 170 Å². The van der Waals surface area contributed by atoms with E-state index in [2.05, 4.69) is 4.90 Å². The van der Waals surface area contributed by atoms with Gasteiger partial charge in [0, 0.05) is 38.9 Å². The van der Waals surface area contributed by atoms with E-state index in [4.69, 9.17) is 16.3 Å². The number of amides is 1. The van der Waals surface area contributed by atoms with Crippen molar-refractivity contribution in [1.29, 1.82) is 0 Å². The van der Waals surface area contributed by atoms with Crippen molar-refractivity contribution in [3.63, 3.8) is 0 Å². The highest BCUT2D eigenvalue weighted by molar-refractivity contribution is 6.33. The zero-order chi connectivity index (χ0) is 20.4. The van der Waals surface area contributed by atoms with Gasteiger partial charge in [-0.1, -0.05) is 23.7 Å². The quantitative estimate of drug-likeness (QED) is 0.734. The van der Waals surface area contributed by atoms with Crippen molar-refractivity contribution in [2.75, 3.05) is 37.7 Å². The Hall–Kier alpha value is -2.47. The van der Waals surface area contributed by atoms with Gasteiger partial charge in [-0.3, -0.25) is 4.79 Å². The lowest BCUT2D eigenvalue weighted by molar-refractivity contribution is 0.0514. The van der Waals surface area contributed by atoms with E-state index in [0.717, 1.165) is 16.4 Å². The number of halogens is 1. The van der Waals surface area contributed by atoms with Crippen molar-refractivity contribution in [1.82, 2.24) is 9.47 Å². The van der Waals surface area contributed by atoms with Crippen molar-refractivity contribution in [3.8, 4) is 0 Å². The topological polar surface area (TPSA) is 54.8 Å². The summed E-state index contributed by atoms with van der Waals surface area (Å²) in [4.78, 5) is 29.5. The van der Waals surface area contributed by atoms with Crippen LogP contribution in [0.3, 0.4) is 0 Å². The number of rotatable bonds is 4. The molecule has 0 atom stereocenters. The molecule has 1 aromatic heterocycles. The van der Waals surface area contributed by atoms with Crippen molar-refractivity contribution >= 4 is 29.2 Å². The van der Waals surface area contributed by atoms with Gasteiger partial charge in [0.15, 0.2) is 0 Å². The molecule has 1 fully saturated rings. The molecule has 0 bridgehead atoms. The maximum absolute atomic E-state index is 13.2. The molecule has 1 aromatic carbocycles. The van der Waals surface area contributed by atoms with Crippen LogP contribution in [0.15, 0.2) is 24.3 Å². The number of para-hydroxylation sites is 1. The fraction of sp³-hybridized carbons (Fsp3) is 0.429. The third-order valence-electron chi connectivity index (χ3n) is 5.37. The minimum atomic E-state index is -0.395. The van der Waals surface area contributed by atoms with Crippen LogP contribution < -0.4 is 4.90 Å². The van der Waals surface area contributed by atoms with Gasteiger partial charge in [0.05, 0.1) is 22.9 Å². The van der Waals surface area contributed by atoms with Gasteiger partial charge >= 0.3 is 5.97 Å². The van der Waals surface area contributed by atoms with Gasteiger partial charge in [-0.05, 0) is 38.5 Å². The molecule has 2 heterocycles. The summed E-state index contributed by atoms with van der Waals surface area (Å²) in [6.45, 7) is 8.38. The number of ether oxygens (including phenoxy) is 1. The average Bonchev–Trinajstić information content (AvgIpc) is 2.91. The molecule has 2 aromatic rings. The Morgan fingerprint density at radius 2 is 1.75 bits per heavy atom. The molecule has 6 nitrogen and oxygen atoms in total. The standard InChI is InChI=1S/C21H26ClN3O3/c1-5-28-21(27)19-14(2)18(15(3)23(19)4)20(26)25-12-10-24(11-13-25)17-9-7-6-8-16(17)22/h6-9H,5,10-13H2,1-4H3. The maximum atomic E-state index is 13.2. The van der Waals surface area contributed by atoms with Crippen LogP contribution in [-0.4, -0.2) is 54.1 Å². The normalized spacial score (nSPS) is 14.3. The molecule has 0 unspecified atom stereocenters. The third kappa shape index (κ3) is 3.61. The second-order valence-corrected chi connectivity index (χ2v) is 7.35. The van der Waals surface area contributed by atoms with E-state index in [9.17, 15) is 9.59 Å². The Bertz CT molecular complexity index is 899. The summed E-state index contributed by atoms with van der Waals surface area (Å²) in [6, 6.07) is 7.75. The van der Waals surface area contributed by atoms with Gasteiger partial charge < -0.3 is 19.1 Å². The highest BCUT2D eigenvalue weighted by Crippen LogP contribution is 2.28. The molecular weight excluding hydrogens is 378 g/mol. The summed E-state index contributed by atoms with van der Waals surface area (Å²) in [5.74, 6) is -0.437. The second-order valence-electron chi connectivity index (χ2n) is 6.94. The van der Waals surface area contributed by atoms with E-state index in [1.807, 2.05) is 43.0 Å². The van der Waals surface area contributed by atoms with E-state index in [1.54, 1.807) is 18.5 Å². The number of hydrogen-bond acceptors (Lipinski definition) is 4. The number of carbonyl (C=O) groups is 2. The zero-order valence-corrected chi connectivity index (χ0v) is 17.5. The lowest BCUT2D eigenvalue weighted by Crippen LogP contribution is -2.49. The molecule has 0 spiro atoms. The monoisotopic (exact) mass is 403 g/mol. The number of carbonyl (C=O) groups excluding carboxylic acids is 2. The highest BCUT2D eigenvalue weighted by atomic mass is 35.5. The van der Waals surface area contributed by atoms with Gasteiger partial charge in [0.2, 0.25) is 0 Å². The maximum Gasteiger partial charge on any atom is 0.355 e. The summed E-state index contributed by atoms with van der Waals surface area (Å²) in [6.07, 6.45) is 0. The number of nitrogens with zero attached hydrogens (tertiary/aromatic N) is 3. The number of benzene rings is 1. The van der Waals surface area contributed by atoms with Crippen LogP contribution >= 0.6 is 11.6 Å². The fourth-order valence-electron chi connectivity index (χ4n) is 3.80. The molecule has 28 heavy (non-hydrogen) atoms. The molecule has 0 saturated carbocycles. The second kappa shape index (κ2) is 8.27. The van der Waals surface area contributed by atoms with E-state index in [1.165, 1.54) is 0 Å². The molecule has 1 saturated heterocycles. The smallest absolute Gasteiger partial charge is 0.355 e. The molecule has 0 aliphatic carbocycles. The summed E-state index contributed by atoms with van der Waals surface area (Å²) < 4.78 is 6.90. The van der Waals surface area contributed by atoms with Gasteiger partial charge in [-0.2, -0.15) is 0 Å². The van der Waals surface area contributed by atoms with Crippen molar-refractivity contribution in [2.24, 2.45) is 7.05 Å². The fourth-order valence-corrected chi connectivity index (χ4v) is 4.05. The summed E-state index contributed by atoms with van der Waals surface area (Å²) in [7, 11) is 1.79. The minimum absolute atomic E-state index is 0.0417. The van der Waals surface area contributed by atoms with E-state index in [-0.39, 0.29) is 5.91 Å². The van der Waals surface area contributed by atoms with Crippen LogP contribution in [0.2, 0.25) is 5.02 Å². The SMILES string of the molecule is CCOC(=O)c1c(C)c(C(=O)N2CCN(c3ccccc3Cl)CC2)c(C)n1C. The molecule has 7 heteroatoms. The van der Waals surface area contributed by atoms with E-state index in [0.29, 0.717) is 49.6 Å². The number of hydrogen-bond donors (Lipinski definition) is 0. The molecule has 0 N–H and O–H groups in total. The number of aromatic nitrogens is 1. The number of piperazine rings is 1. The molecular formula is C21H26ClN3O3. The van der Waals surface area contributed by atoms with Crippen molar-refractivity contribution in [3.05, 3.63) is 51.8 Å². The average molecular weight is 404 g/mol. The summed E-state index contributed by atoms with van der Waals surface area (Å²) in [5.41, 5.74) is 3.48. The lowest BCUT2D eigenvalue weighted by atomic mass is 10.1. The molecule has 1 aliphatic heterocycles. The van der Waals surface area contributed by atoms with Crippen molar-refractivity contribution < 1.29 is 14.3 Å². The van der Waals surface area contributed by atoms with Crippen LogP contribution in [-0.2, 0) is 11.8 Å². The first kappa shape index (κ1) is 20.3. The Kier molecular flexibility index (Phi) is 5.98. The van der Waals surface area contributed by atoms with Crippen molar-refractivity contribution in [2.45, 2.75) is 20.8 Å². The van der Waals surface area contributed by atoms with Crippen LogP contribution in [0, 0.1) is 13.8 Å². The summed E-state index contributed by atoms with van der Waals surface area (Å²) in [5, 5.41) is 0.719. The molecule has 0 radical (unpaired) electrons. The minimum Gasteiger partial charge on any atom is -0.461 e. The van der Waals surface area contributed by atoms with Crippen LogP contribution in [0.4, 0.5) is 5.69 Å². The van der Waals surface area contributed by atoms with Crippen LogP contribution in [0.5, 0.6) is 0 Å². The predicted octanol–water partition coefficient (Wildman–Crippen LogP) is 3.43. The lowest BCUT2D eigenvalue weighted by Gasteiger charge is -2.36. The Balaban J connectivity index is 1.78. The van der Waals surface area contributed by atoms with E-state index >= 15 is 0 Å².